The highest BCUT2D eigenvalue weighted by Gasteiger charge is 2.13. The summed E-state index contributed by atoms with van der Waals surface area (Å²) in [6, 6.07) is 12.7. The highest BCUT2D eigenvalue weighted by Crippen LogP contribution is 2.24. The molecule has 0 aliphatic heterocycles. The first-order valence-corrected chi connectivity index (χ1v) is 7.41. The molecule has 1 aromatic carbocycles. The molecule has 2 aromatic rings. The van der Waals surface area contributed by atoms with Crippen molar-refractivity contribution >= 4 is 31.9 Å². The fourth-order valence-electron chi connectivity index (χ4n) is 1.87. The van der Waals surface area contributed by atoms with E-state index in [9.17, 15) is 0 Å². The molecular formula is C14H15Br2NO. The average molecular weight is 373 g/mol. The quantitative estimate of drug-likeness (QED) is 0.796. The van der Waals surface area contributed by atoms with E-state index in [0.717, 1.165) is 14.9 Å². The fourth-order valence-corrected chi connectivity index (χ4v) is 2.45. The van der Waals surface area contributed by atoms with Gasteiger partial charge in [0.15, 0.2) is 4.67 Å². The molecular weight excluding hydrogens is 358 g/mol. The van der Waals surface area contributed by atoms with Crippen LogP contribution in [0.1, 0.15) is 37.3 Å². The monoisotopic (exact) mass is 371 g/mol. The van der Waals surface area contributed by atoms with Gasteiger partial charge in [-0.05, 0) is 59.6 Å². The van der Waals surface area contributed by atoms with Gasteiger partial charge in [-0.2, -0.15) is 0 Å². The van der Waals surface area contributed by atoms with Crippen LogP contribution in [0.15, 0.2) is 50.0 Å². The lowest BCUT2D eigenvalue weighted by Gasteiger charge is -2.19. The number of halogens is 2. The Kier molecular flexibility index (Phi) is 4.65. The summed E-state index contributed by atoms with van der Waals surface area (Å²) in [4.78, 5) is 0. The van der Waals surface area contributed by atoms with Crippen molar-refractivity contribution in [2.24, 2.45) is 0 Å². The Labute approximate surface area is 124 Å². The third kappa shape index (κ3) is 3.46. The zero-order chi connectivity index (χ0) is 13.1. The van der Waals surface area contributed by atoms with Gasteiger partial charge in [-0.3, -0.25) is 0 Å². The lowest BCUT2D eigenvalue weighted by molar-refractivity contribution is 0.394. The van der Waals surface area contributed by atoms with Gasteiger partial charge in [0.25, 0.3) is 0 Å². The molecule has 0 spiro atoms. The molecule has 2 nitrogen and oxygen atoms in total. The van der Waals surface area contributed by atoms with E-state index in [-0.39, 0.29) is 12.1 Å². The standard InChI is InChI=1S/C14H15Br2NO/c1-9(11-3-5-12(15)6-4-11)17-10(2)13-7-8-14(16)18-13/h3-10,17H,1-2H3. The smallest absolute Gasteiger partial charge is 0.169 e. The van der Waals surface area contributed by atoms with E-state index in [0.29, 0.717) is 0 Å². The highest BCUT2D eigenvalue weighted by atomic mass is 79.9. The Morgan fingerprint density at radius 1 is 0.944 bits per heavy atom. The van der Waals surface area contributed by atoms with E-state index in [4.69, 9.17) is 4.42 Å². The predicted octanol–water partition coefficient (Wildman–Crippen LogP) is 5.22. The molecule has 0 radical (unpaired) electrons. The first kappa shape index (κ1) is 13.8. The van der Waals surface area contributed by atoms with Gasteiger partial charge in [-0.15, -0.1) is 0 Å². The zero-order valence-electron chi connectivity index (χ0n) is 10.3. The van der Waals surface area contributed by atoms with Crippen LogP contribution in [-0.4, -0.2) is 0 Å². The molecule has 2 atom stereocenters. The molecule has 4 heteroatoms. The molecule has 96 valence electrons. The van der Waals surface area contributed by atoms with E-state index in [2.05, 4.69) is 75.3 Å². The van der Waals surface area contributed by atoms with Crippen molar-refractivity contribution in [2.75, 3.05) is 0 Å². The number of rotatable bonds is 4. The summed E-state index contributed by atoms with van der Waals surface area (Å²) in [6.45, 7) is 4.25. The second kappa shape index (κ2) is 6.04. The zero-order valence-corrected chi connectivity index (χ0v) is 13.5. The maximum absolute atomic E-state index is 5.55. The van der Waals surface area contributed by atoms with Gasteiger partial charge in [-0.25, -0.2) is 0 Å². The van der Waals surface area contributed by atoms with Crippen LogP contribution in [0.4, 0.5) is 0 Å². The summed E-state index contributed by atoms with van der Waals surface area (Å²) in [5, 5.41) is 3.52. The van der Waals surface area contributed by atoms with Crippen LogP contribution in [0, 0.1) is 0 Å². The SMILES string of the molecule is CC(NC(C)c1ccc(Br)o1)c1ccc(Br)cc1. The van der Waals surface area contributed by atoms with E-state index in [1.165, 1.54) is 5.56 Å². The Bertz CT molecular complexity index is 507. The van der Waals surface area contributed by atoms with Gasteiger partial charge in [0, 0.05) is 10.5 Å². The molecule has 1 aromatic heterocycles. The maximum atomic E-state index is 5.55. The summed E-state index contributed by atoms with van der Waals surface area (Å²) < 4.78 is 7.41. The summed E-state index contributed by atoms with van der Waals surface area (Å²) in [5.41, 5.74) is 1.26. The molecule has 0 saturated carbocycles. The highest BCUT2D eigenvalue weighted by molar-refractivity contribution is 9.10. The minimum absolute atomic E-state index is 0.176. The normalized spacial score (nSPS) is 14.4. The Morgan fingerprint density at radius 2 is 1.61 bits per heavy atom. The molecule has 2 unspecified atom stereocenters. The van der Waals surface area contributed by atoms with Crippen LogP contribution < -0.4 is 5.32 Å². The lowest BCUT2D eigenvalue weighted by Crippen LogP contribution is -2.22. The third-order valence-corrected chi connectivity index (χ3v) is 3.85. The first-order chi connectivity index (χ1) is 8.56. The van der Waals surface area contributed by atoms with Gasteiger partial charge >= 0.3 is 0 Å². The minimum Gasteiger partial charge on any atom is -0.453 e. The third-order valence-electron chi connectivity index (χ3n) is 2.89. The molecule has 0 aliphatic rings. The first-order valence-electron chi connectivity index (χ1n) is 5.83. The molecule has 2 rings (SSSR count). The van der Waals surface area contributed by atoms with Crippen molar-refractivity contribution in [3.8, 4) is 0 Å². The van der Waals surface area contributed by atoms with Crippen molar-refractivity contribution in [3.05, 3.63) is 56.9 Å². The fraction of sp³-hybridized carbons (Fsp3) is 0.286. The molecule has 1 N–H and O–H groups in total. The van der Waals surface area contributed by atoms with Gasteiger partial charge in [0.1, 0.15) is 5.76 Å². The van der Waals surface area contributed by atoms with Gasteiger partial charge in [-0.1, -0.05) is 28.1 Å². The van der Waals surface area contributed by atoms with Gasteiger partial charge in [0.2, 0.25) is 0 Å². The molecule has 0 aliphatic carbocycles. The molecule has 0 amide bonds. The minimum atomic E-state index is 0.176. The molecule has 1 heterocycles. The Morgan fingerprint density at radius 3 is 2.17 bits per heavy atom. The number of nitrogens with one attached hydrogen (secondary N) is 1. The number of furan rings is 1. The van der Waals surface area contributed by atoms with Crippen LogP contribution in [0.3, 0.4) is 0 Å². The number of hydrogen-bond acceptors (Lipinski definition) is 2. The van der Waals surface area contributed by atoms with Crippen molar-refractivity contribution in [2.45, 2.75) is 25.9 Å². The van der Waals surface area contributed by atoms with Crippen LogP contribution in [0.2, 0.25) is 0 Å². The lowest BCUT2D eigenvalue weighted by atomic mass is 10.1. The molecule has 0 bridgehead atoms. The van der Waals surface area contributed by atoms with E-state index in [1.807, 2.05) is 12.1 Å². The topological polar surface area (TPSA) is 25.2 Å². The van der Waals surface area contributed by atoms with Crippen LogP contribution >= 0.6 is 31.9 Å². The summed E-state index contributed by atoms with van der Waals surface area (Å²) in [7, 11) is 0. The van der Waals surface area contributed by atoms with Crippen LogP contribution in [-0.2, 0) is 0 Å². The molecule has 0 saturated heterocycles. The number of hydrogen-bond donors (Lipinski definition) is 1. The van der Waals surface area contributed by atoms with Gasteiger partial charge in [0.05, 0.1) is 6.04 Å². The van der Waals surface area contributed by atoms with Gasteiger partial charge < -0.3 is 9.73 Å². The van der Waals surface area contributed by atoms with Crippen LogP contribution in [0.25, 0.3) is 0 Å². The molecule has 18 heavy (non-hydrogen) atoms. The second-order valence-electron chi connectivity index (χ2n) is 4.30. The predicted molar refractivity (Wildman–Crippen MR) is 80.5 cm³/mol. The van der Waals surface area contributed by atoms with E-state index in [1.54, 1.807) is 0 Å². The van der Waals surface area contributed by atoms with Crippen LogP contribution in [0.5, 0.6) is 0 Å². The largest absolute Gasteiger partial charge is 0.453 e. The summed E-state index contributed by atoms with van der Waals surface area (Å²) in [6.07, 6.45) is 0. The van der Waals surface area contributed by atoms with Crippen molar-refractivity contribution < 1.29 is 4.42 Å². The summed E-state index contributed by atoms with van der Waals surface area (Å²) >= 11 is 6.76. The van der Waals surface area contributed by atoms with E-state index >= 15 is 0 Å². The Balaban J connectivity index is 2.02. The Hall–Kier alpha value is -0.580. The van der Waals surface area contributed by atoms with Crippen molar-refractivity contribution in [1.82, 2.24) is 5.32 Å². The van der Waals surface area contributed by atoms with E-state index < -0.39 is 0 Å². The molecule has 0 fully saturated rings. The second-order valence-corrected chi connectivity index (χ2v) is 6.00. The van der Waals surface area contributed by atoms with Crippen molar-refractivity contribution in [1.29, 1.82) is 0 Å². The maximum Gasteiger partial charge on any atom is 0.169 e. The average Bonchev–Trinajstić information content (AvgIpc) is 2.76. The van der Waals surface area contributed by atoms with Crippen molar-refractivity contribution in [3.63, 3.8) is 0 Å². The number of benzene rings is 1. The summed E-state index contributed by atoms with van der Waals surface area (Å²) in [5.74, 6) is 0.936.